The molecule has 2 aromatic carbocycles. The largest absolute Gasteiger partial charge is 0.378 e. The predicted molar refractivity (Wildman–Crippen MR) is 82.2 cm³/mol. The molecule has 0 aliphatic carbocycles. The van der Waals surface area contributed by atoms with Crippen LogP contribution in [0.5, 0.6) is 0 Å². The number of hydrogen-bond acceptors (Lipinski definition) is 2. The van der Waals surface area contributed by atoms with Gasteiger partial charge >= 0.3 is 0 Å². The van der Waals surface area contributed by atoms with Gasteiger partial charge in [-0.2, -0.15) is 0 Å². The van der Waals surface area contributed by atoms with Crippen LogP contribution in [-0.2, 0) is 6.42 Å². The zero-order valence-electron chi connectivity index (χ0n) is 11.8. The molecule has 0 aliphatic heterocycles. The predicted octanol–water partition coefficient (Wildman–Crippen LogP) is 3.59. The fourth-order valence-corrected chi connectivity index (χ4v) is 2.35. The van der Waals surface area contributed by atoms with E-state index in [-0.39, 0.29) is 11.4 Å². The van der Waals surface area contributed by atoms with Gasteiger partial charge in [0.05, 0.1) is 5.54 Å². The van der Waals surface area contributed by atoms with E-state index in [0.29, 0.717) is 6.54 Å². The molecule has 0 aromatic heterocycles. The highest BCUT2D eigenvalue weighted by atomic mass is 19.1. The molecule has 0 bridgehead atoms. The highest BCUT2D eigenvalue weighted by molar-refractivity contribution is 5.46. The van der Waals surface area contributed by atoms with E-state index in [2.05, 4.69) is 24.4 Å². The van der Waals surface area contributed by atoms with Crippen LogP contribution in [-0.4, -0.2) is 12.1 Å². The van der Waals surface area contributed by atoms with Crippen LogP contribution in [0.4, 0.5) is 10.1 Å². The van der Waals surface area contributed by atoms with Gasteiger partial charge in [0.1, 0.15) is 5.82 Å². The molecule has 0 saturated carbocycles. The number of nitrogens with two attached hydrogens (primary N) is 1. The Bertz CT molecular complexity index is 518. The van der Waals surface area contributed by atoms with Gasteiger partial charge < -0.3 is 11.1 Å². The Labute approximate surface area is 119 Å². The standard InChI is InChI=1S/C17H21FN2/c1-2-17(13-19,12-14-6-4-3-5-7-14)20-16-10-8-15(18)9-11-16/h3-11,20H,2,12-13,19H2,1H3. The van der Waals surface area contributed by atoms with Gasteiger partial charge in [0.25, 0.3) is 0 Å². The highest BCUT2D eigenvalue weighted by Gasteiger charge is 2.26. The van der Waals surface area contributed by atoms with Gasteiger partial charge in [-0.15, -0.1) is 0 Å². The van der Waals surface area contributed by atoms with Gasteiger partial charge in [-0.3, -0.25) is 0 Å². The summed E-state index contributed by atoms with van der Waals surface area (Å²) >= 11 is 0. The summed E-state index contributed by atoms with van der Waals surface area (Å²) in [5, 5.41) is 3.48. The van der Waals surface area contributed by atoms with E-state index in [1.54, 1.807) is 12.1 Å². The van der Waals surface area contributed by atoms with Crippen molar-refractivity contribution in [1.82, 2.24) is 0 Å². The first-order valence-electron chi connectivity index (χ1n) is 6.95. The monoisotopic (exact) mass is 272 g/mol. The van der Waals surface area contributed by atoms with Gasteiger partial charge in [0.2, 0.25) is 0 Å². The molecule has 0 spiro atoms. The molecule has 0 amide bonds. The van der Waals surface area contributed by atoms with Gasteiger partial charge in [-0.05, 0) is 42.7 Å². The third kappa shape index (κ3) is 3.58. The molecule has 0 fully saturated rings. The molecule has 2 nitrogen and oxygen atoms in total. The van der Waals surface area contributed by atoms with E-state index < -0.39 is 0 Å². The second kappa shape index (κ2) is 6.53. The Morgan fingerprint density at radius 1 is 1.05 bits per heavy atom. The lowest BCUT2D eigenvalue weighted by molar-refractivity contribution is 0.457. The van der Waals surface area contributed by atoms with Crippen molar-refractivity contribution in [3.8, 4) is 0 Å². The number of benzene rings is 2. The quantitative estimate of drug-likeness (QED) is 0.843. The summed E-state index contributed by atoms with van der Waals surface area (Å²) < 4.78 is 13.0. The first kappa shape index (κ1) is 14.5. The molecule has 1 unspecified atom stereocenters. The van der Waals surface area contributed by atoms with Crippen LogP contribution < -0.4 is 11.1 Å². The Morgan fingerprint density at radius 2 is 1.70 bits per heavy atom. The van der Waals surface area contributed by atoms with Crippen LogP contribution >= 0.6 is 0 Å². The van der Waals surface area contributed by atoms with E-state index in [1.165, 1.54) is 17.7 Å². The van der Waals surface area contributed by atoms with Crippen molar-refractivity contribution in [3.63, 3.8) is 0 Å². The molecule has 0 radical (unpaired) electrons. The van der Waals surface area contributed by atoms with Crippen molar-refractivity contribution < 1.29 is 4.39 Å². The summed E-state index contributed by atoms with van der Waals surface area (Å²) in [6, 6.07) is 16.7. The molecule has 1 atom stereocenters. The average Bonchev–Trinajstić information content (AvgIpc) is 2.50. The molecule has 2 rings (SSSR count). The second-order valence-electron chi connectivity index (χ2n) is 5.13. The maximum absolute atomic E-state index is 13.0. The minimum atomic E-state index is -0.228. The minimum Gasteiger partial charge on any atom is -0.378 e. The summed E-state index contributed by atoms with van der Waals surface area (Å²) in [5.41, 5.74) is 7.94. The SMILES string of the molecule is CCC(CN)(Cc1ccccc1)Nc1ccc(F)cc1. The Kier molecular flexibility index (Phi) is 4.74. The number of halogens is 1. The summed E-state index contributed by atoms with van der Waals surface area (Å²) in [6.07, 6.45) is 1.74. The van der Waals surface area contributed by atoms with Crippen molar-refractivity contribution in [2.75, 3.05) is 11.9 Å². The van der Waals surface area contributed by atoms with Crippen LogP contribution in [0.15, 0.2) is 54.6 Å². The molecular formula is C17H21FN2. The van der Waals surface area contributed by atoms with Gasteiger partial charge in [-0.1, -0.05) is 37.3 Å². The first-order chi connectivity index (χ1) is 9.67. The van der Waals surface area contributed by atoms with Gasteiger partial charge in [0, 0.05) is 12.2 Å². The fourth-order valence-electron chi connectivity index (χ4n) is 2.35. The van der Waals surface area contributed by atoms with E-state index in [4.69, 9.17) is 5.73 Å². The van der Waals surface area contributed by atoms with Crippen LogP contribution in [0.3, 0.4) is 0 Å². The zero-order valence-corrected chi connectivity index (χ0v) is 11.8. The third-order valence-corrected chi connectivity index (χ3v) is 3.71. The smallest absolute Gasteiger partial charge is 0.123 e. The topological polar surface area (TPSA) is 38.0 Å². The summed E-state index contributed by atoms with van der Waals surface area (Å²) in [5.74, 6) is -0.228. The van der Waals surface area contributed by atoms with Crippen LogP contribution in [0.1, 0.15) is 18.9 Å². The molecule has 106 valence electrons. The minimum absolute atomic E-state index is 0.209. The molecular weight excluding hydrogens is 251 g/mol. The van der Waals surface area contributed by atoms with Crippen molar-refractivity contribution in [2.24, 2.45) is 5.73 Å². The maximum Gasteiger partial charge on any atom is 0.123 e. The fraction of sp³-hybridized carbons (Fsp3) is 0.294. The van der Waals surface area contributed by atoms with Crippen molar-refractivity contribution in [1.29, 1.82) is 0 Å². The highest BCUT2D eigenvalue weighted by Crippen LogP contribution is 2.23. The summed E-state index contributed by atoms with van der Waals surface area (Å²) in [4.78, 5) is 0. The van der Waals surface area contributed by atoms with Crippen LogP contribution in [0.2, 0.25) is 0 Å². The molecule has 2 aromatic rings. The molecule has 3 N–H and O–H groups in total. The summed E-state index contributed by atoms with van der Waals surface area (Å²) in [7, 11) is 0. The maximum atomic E-state index is 13.0. The van der Waals surface area contributed by atoms with E-state index in [9.17, 15) is 4.39 Å². The molecule has 20 heavy (non-hydrogen) atoms. The molecule has 0 saturated heterocycles. The zero-order chi connectivity index (χ0) is 14.4. The van der Waals surface area contributed by atoms with E-state index in [1.807, 2.05) is 18.2 Å². The Hall–Kier alpha value is -1.87. The van der Waals surface area contributed by atoms with Crippen molar-refractivity contribution >= 4 is 5.69 Å². The van der Waals surface area contributed by atoms with Gasteiger partial charge in [0.15, 0.2) is 0 Å². The van der Waals surface area contributed by atoms with E-state index in [0.717, 1.165) is 18.5 Å². The summed E-state index contributed by atoms with van der Waals surface area (Å²) in [6.45, 7) is 2.64. The van der Waals surface area contributed by atoms with E-state index >= 15 is 0 Å². The second-order valence-corrected chi connectivity index (χ2v) is 5.13. The Morgan fingerprint density at radius 3 is 2.25 bits per heavy atom. The Balaban J connectivity index is 2.18. The number of rotatable bonds is 6. The lowest BCUT2D eigenvalue weighted by atomic mass is 9.88. The van der Waals surface area contributed by atoms with Crippen LogP contribution in [0, 0.1) is 5.82 Å². The molecule has 0 aliphatic rings. The molecule has 3 heteroatoms. The average molecular weight is 272 g/mol. The third-order valence-electron chi connectivity index (χ3n) is 3.71. The number of anilines is 1. The lowest BCUT2D eigenvalue weighted by Gasteiger charge is -2.34. The van der Waals surface area contributed by atoms with Gasteiger partial charge in [-0.25, -0.2) is 4.39 Å². The number of nitrogens with one attached hydrogen (secondary N) is 1. The van der Waals surface area contributed by atoms with Crippen LogP contribution in [0.25, 0.3) is 0 Å². The lowest BCUT2D eigenvalue weighted by Crippen LogP contribution is -2.47. The normalized spacial score (nSPS) is 13.8. The molecule has 0 heterocycles. The van der Waals surface area contributed by atoms with Crippen molar-refractivity contribution in [3.05, 3.63) is 66.0 Å². The van der Waals surface area contributed by atoms with Crippen molar-refractivity contribution in [2.45, 2.75) is 25.3 Å². The number of hydrogen-bond donors (Lipinski definition) is 2. The first-order valence-corrected chi connectivity index (χ1v) is 6.95.